The normalized spacial score (nSPS) is 17.7. The topological polar surface area (TPSA) is 73.2 Å². The molecule has 19 heavy (non-hydrogen) atoms. The third-order valence-electron chi connectivity index (χ3n) is 3.22. The van der Waals surface area contributed by atoms with Crippen LogP contribution in [-0.4, -0.2) is 38.9 Å². The molecule has 0 saturated carbocycles. The van der Waals surface area contributed by atoms with Gasteiger partial charge in [-0.1, -0.05) is 0 Å². The van der Waals surface area contributed by atoms with Gasteiger partial charge in [-0.05, 0) is 43.7 Å². The van der Waals surface area contributed by atoms with Crippen LogP contribution >= 0.6 is 0 Å². The summed E-state index contributed by atoms with van der Waals surface area (Å²) in [7, 11) is -3.46. The number of nitriles is 1. The van der Waals surface area contributed by atoms with Crippen molar-refractivity contribution in [1.29, 1.82) is 5.26 Å². The molecular weight excluding hydrogens is 262 g/mol. The molecule has 1 heterocycles. The molecule has 1 aliphatic rings. The van der Waals surface area contributed by atoms with Gasteiger partial charge < -0.3 is 5.32 Å². The highest BCUT2D eigenvalue weighted by Gasteiger charge is 2.26. The van der Waals surface area contributed by atoms with E-state index in [-0.39, 0.29) is 0 Å². The van der Waals surface area contributed by atoms with E-state index >= 15 is 0 Å². The van der Waals surface area contributed by atoms with E-state index in [2.05, 4.69) is 5.32 Å². The minimum atomic E-state index is -3.46. The lowest BCUT2D eigenvalue weighted by molar-refractivity contribution is 0.431. The Morgan fingerprint density at radius 1 is 1.32 bits per heavy atom. The maximum atomic E-state index is 12.6. The third-order valence-corrected chi connectivity index (χ3v) is 5.28. The standard InChI is InChI=1S/C13H17N3O2S/c1-11-9-12(10-14)3-4-13(11)19(17,18)16-7-2-5-15-6-8-16/h3-4,9,15H,2,5-8H2,1H3. The summed E-state index contributed by atoms with van der Waals surface area (Å²) in [6.07, 6.45) is 0.814. The number of hydrogen-bond donors (Lipinski definition) is 1. The zero-order valence-corrected chi connectivity index (χ0v) is 11.7. The van der Waals surface area contributed by atoms with Crippen molar-refractivity contribution in [3.05, 3.63) is 29.3 Å². The number of nitrogens with zero attached hydrogens (tertiary/aromatic N) is 2. The Hall–Kier alpha value is -1.42. The minimum absolute atomic E-state index is 0.299. The fourth-order valence-corrected chi connectivity index (χ4v) is 3.89. The van der Waals surface area contributed by atoms with Crippen LogP contribution in [-0.2, 0) is 10.0 Å². The molecule has 6 heteroatoms. The number of sulfonamides is 1. The Morgan fingerprint density at radius 2 is 2.11 bits per heavy atom. The van der Waals surface area contributed by atoms with Gasteiger partial charge in [0, 0.05) is 19.6 Å². The van der Waals surface area contributed by atoms with Crippen LogP contribution in [0.15, 0.2) is 23.1 Å². The molecule has 1 aromatic rings. The zero-order chi connectivity index (χ0) is 13.9. The second-order valence-electron chi connectivity index (χ2n) is 4.60. The number of aryl methyl sites for hydroxylation is 1. The summed E-state index contributed by atoms with van der Waals surface area (Å²) in [6.45, 7) is 4.27. The molecule has 0 spiro atoms. The summed E-state index contributed by atoms with van der Waals surface area (Å²) >= 11 is 0. The van der Waals surface area contributed by atoms with E-state index in [0.717, 1.165) is 13.0 Å². The van der Waals surface area contributed by atoms with Crippen molar-refractivity contribution in [2.45, 2.75) is 18.2 Å². The summed E-state index contributed by atoms with van der Waals surface area (Å²) < 4.78 is 26.7. The maximum absolute atomic E-state index is 12.6. The highest BCUT2D eigenvalue weighted by Crippen LogP contribution is 2.21. The highest BCUT2D eigenvalue weighted by atomic mass is 32.2. The van der Waals surface area contributed by atoms with Crippen molar-refractivity contribution in [3.63, 3.8) is 0 Å². The average molecular weight is 279 g/mol. The summed E-state index contributed by atoms with van der Waals surface area (Å²) in [6, 6.07) is 6.71. The molecule has 0 radical (unpaired) electrons. The van der Waals surface area contributed by atoms with E-state index < -0.39 is 10.0 Å². The fraction of sp³-hybridized carbons (Fsp3) is 0.462. The maximum Gasteiger partial charge on any atom is 0.243 e. The molecule has 1 fully saturated rings. The van der Waals surface area contributed by atoms with Crippen LogP contribution < -0.4 is 5.32 Å². The molecule has 0 bridgehead atoms. The van der Waals surface area contributed by atoms with Crippen molar-refractivity contribution in [1.82, 2.24) is 9.62 Å². The second-order valence-corrected chi connectivity index (χ2v) is 6.51. The molecule has 0 atom stereocenters. The van der Waals surface area contributed by atoms with Crippen molar-refractivity contribution < 1.29 is 8.42 Å². The molecule has 102 valence electrons. The van der Waals surface area contributed by atoms with Crippen molar-refractivity contribution >= 4 is 10.0 Å². The van der Waals surface area contributed by atoms with Gasteiger partial charge in [-0.2, -0.15) is 9.57 Å². The molecule has 0 aromatic heterocycles. The lowest BCUT2D eigenvalue weighted by atomic mass is 10.2. The summed E-state index contributed by atoms with van der Waals surface area (Å²) in [5, 5.41) is 12.0. The summed E-state index contributed by atoms with van der Waals surface area (Å²) in [5.41, 5.74) is 1.10. The summed E-state index contributed by atoms with van der Waals surface area (Å²) in [4.78, 5) is 0.299. The molecule has 1 aromatic carbocycles. The zero-order valence-electron chi connectivity index (χ0n) is 10.9. The molecule has 5 nitrogen and oxygen atoms in total. The lowest BCUT2D eigenvalue weighted by Crippen LogP contribution is -2.34. The van der Waals surface area contributed by atoms with E-state index in [9.17, 15) is 8.42 Å². The van der Waals surface area contributed by atoms with Crippen LogP contribution in [0.3, 0.4) is 0 Å². The first-order chi connectivity index (χ1) is 9.05. The smallest absolute Gasteiger partial charge is 0.243 e. The highest BCUT2D eigenvalue weighted by molar-refractivity contribution is 7.89. The predicted octanol–water partition coefficient (Wildman–Crippen LogP) is 0.851. The van der Waals surface area contributed by atoms with E-state index in [1.54, 1.807) is 19.1 Å². The Labute approximate surface area is 113 Å². The molecule has 0 aliphatic carbocycles. The van der Waals surface area contributed by atoms with E-state index in [0.29, 0.717) is 35.7 Å². The van der Waals surface area contributed by atoms with Crippen LogP contribution in [0.4, 0.5) is 0 Å². The first-order valence-corrected chi connectivity index (χ1v) is 7.71. The number of benzene rings is 1. The van der Waals surface area contributed by atoms with Gasteiger partial charge in [-0.15, -0.1) is 0 Å². The molecule has 1 N–H and O–H groups in total. The van der Waals surface area contributed by atoms with Crippen molar-refractivity contribution in [3.8, 4) is 6.07 Å². The molecule has 0 amide bonds. The van der Waals surface area contributed by atoms with Gasteiger partial charge in [-0.25, -0.2) is 8.42 Å². The van der Waals surface area contributed by atoms with E-state index in [4.69, 9.17) is 5.26 Å². The van der Waals surface area contributed by atoms with Crippen molar-refractivity contribution in [2.75, 3.05) is 26.2 Å². The number of nitrogens with one attached hydrogen (secondary N) is 1. The van der Waals surface area contributed by atoms with Gasteiger partial charge >= 0.3 is 0 Å². The van der Waals surface area contributed by atoms with Crippen LogP contribution in [0.25, 0.3) is 0 Å². The van der Waals surface area contributed by atoms with Crippen LogP contribution in [0.5, 0.6) is 0 Å². The molecular formula is C13H17N3O2S. The Kier molecular flexibility index (Phi) is 4.20. The Balaban J connectivity index is 2.36. The molecule has 1 saturated heterocycles. The minimum Gasteiger partial charge on any atom is -0.315 e. The van der Waals surface area contributed by atoms with E-state index in [1.165, 1.54) is 10.4 Å². The van der Waals surface area contributed by atoms with Gasteiger partial charge in [0.15, 0.2) is 0 Å². The quantitative estimate of drug-likeness (QED) is 0.871. The molecule has 2 rings (SSSR count). The lowest BCUT2D eigenvalue weighted by Gasteiger charge is -2.20. The first kappa shape index (κ1) is 14.0. The average Bonchev–Trinajstić information content (AvgIpc) is 2.67. The van der Waals surface area contributed by atoms with Crippen LogP contribution in [0.1, 0.15) is 17.5 Å². The van der Waals surface area contributed by atoms with E-state index in [1.807, 2.05) is 6.07 Å². The Bertz CT molecular complexity index is 597. The SMILES string of the molecule is Cc1cc(C#N)ccc1S(=O)(=O)N1CCCNCC1. The van der Waals surface area contributed by atoms with Crippen LogP contribution in [0.2, 0.25) is 0 Å². The van der Waals surface area contributed by atoms with Crippen molar-refractivity contribution in [2.24, 2.45) is 0 Å². The fourth-order valence-electron chi connectivity index (χ4n) is 2.21. The van der Waals surface area contributed by atoms with Gasteiger partial charge in [0.05, 0.1) is 16.5 Å². The Morgan fingerprint density at radius 3 is 2.79 bits per heavy atom. The monoisotopic (exact) mass is 279 g/mol. The molecule has 1 aliphatic heterocycles. The third kappa shape index (κ3) is 2.95. The number of rotatable bonds is 2. The van der Waals surface area contributed by atoms with Gasteiger partial charge in [0.1, 0.15) is 0 Å². The summed E-state index contributed by atoms with van der Waals surface area (Å²) in [5.74, 6) is 0. The second kappa shape index (κ2) is 5.70. The first-order valence-electron chi connectivity index (χ1n) is 6.27. The molecule has 0 unspecified atom stereocenters. The van der Waals surface area contributed by atoms with Crippen LogP contribution in [0, 0.1) is 18.3 Å². The largest absolute Gasteiger partial charge is 0.315 e. The predicted molar refractivity (Wildman–Crippen MR) is 72.1 cm³/mol. The van der Waals surface area contributed by atoms with Gasteiger partial charge in [0.25, 0.3) is 0 Å². The number of hydrogen-bond acceptors (Lipinski definition) is 4. The van der Waals surface area contributed by atoms with Gasteiger partial charge in [0.2, 0.25) is 10.0 Å². The van der Waals surface area contributed by atoms with Gasteiger partial charge in [-0.3, -0.25) is 0 Å².